The Morgan fingerprint density at radius 2 is 1.88 bits per heavy atom. The molecule has 5 nitrogen and oxygen atoms in total. The number of rotatable bonds is 5. The SMILES string of the molecule is COc1ccc(C=C2SC(=S)N(Nc3ccccc3)C2=O)c(OC)c1. The summed E-state index contributed by atoms with van der Waals surface area (Å²) < 4.78 is 11.0. The van der Waals surface area contributed by atoms with Crippen LogP contribution < -0.4 is 14.9 Å². The van der Waals surface area contributed by atoms with Gasteiger partial charge in [0.1, 0.15) is 11.5 Å². The van der Waals surface area contributed by atoms with Gasteiger partial charge in [0.25, 0.3) is 5.91 Å². The average Bonchev–Trinajstić information content (AvgIpc) is 2.90. The summed E-state index contributed by atoms with van der Waals surface area (Å²) in [5.41, 5.74) is 4.61. The van der Waals surface area contributed by atoms with Crippen LogP contribution in [0, 0.1) is 0 Å². The van der Waals surface area contributed by atoms with Gasteiger partial charge in [-0.3, -0.25) is 10.2 Å². The van der Waals surface area contributed by atoms with Crippen LogP contribution in [0.5, 0.6) is 11.5 Å². The van der Waals surface area contributed by atoms with Gasteiger partial charge in [-0.15, -0.1) is 0 Å². The fraction of sp³-hybridized carbons (Fsp3) is 0.111. The zero-order valence-corrected chi connectivity index (χ0v) is 15.3. The Bertz CT molecular complexity index is 837. The lowest BCUT2D eigenvalue weighted by Crippen LogP contribution is -2.33. The van der Waals surface area contributed by atoms with Crippen molar-refractivity contribution in [2.45, 2.75) is 0 Å². The van der Waals surface area contributed by atoms with Gasteiger partial charge in [0.05, 0.1) is 24.8 Å². The number of hydrogen-bond donors (Lipinski definition) is 1. The van der Waals surface area contributed by atoms with Crippen molar-refractivity contribution in [1.29, 1.82) is 0 Å². The number of hydrazine groups is 1. The first-order valence-corrected chi connectivity index (χ1v) is 8.66. The molecule has 0 radical (unpaired) electrons. The van der Waals surface area contributed by atoms with Gasteiger partial charge in [-0.1, -0.05) is 30.0 Å². The number of nitrogens with one attached hydrogen (secondary N) is 1. The van der Waals surface area contributed by atoms with Gasteiger partial charge in [-0.05, 0) is 42.6 Å². The summed E-state index contributed by atoms with van der Waals surface area (Å²) in [5, 5.41) is 1.37. The highest BCUT2D eigenvalue weighted by molar-refractivity contribution is 8.26. The minimum absolute atomic E-state index is 0.197. The van der Waals surface area contributed by atoms with Gasteiger partial charge >= 0.3 is 0 Å². The third-order valence-corrected chi connectivity index (χ3v) is 4.84. The number of amides is 1. The monoisotopic (exact) mass is 372 g/mol. The molecule has 0 bridgehead atoms. The summed E-state index contributed by atoms with van der Waals surface area (Å²) in [4.78, 5) is 13.2. The normalized spacial score (nSPS) is 15.6. The van der Waals surface area contributed by atoms with Crippen molar-refractivity contribution in [2.24, 2.45) is 0 Å². The van der Waals surface area contributed by atoms with E-state index in [0.717, 1.165) is 11.3 Å². The number of thioether (sulfide) groups is 1. The van der Waals surface area contributed by atoms with Crippen molar-refractivity contribution in [1.82, 2.24) is 5.01 Å². The molecule has 0 aromatic heterocycles. The number of methoxy groups -OCH3 is 2. The molecular formula is C18H16N2O3S2. The average molecular weight is 372 g/mol. The minimum atomic E-state index is -0.197. The molecule has 25 heavy (non-hydrogen) atoms. The van der Waals surface area contributed by atoms with Crippen LogP contribution in [0.25, 0.3) is 6.08 Å². The number of hydrogen-bond acceptors (Lipinski definition) is 6. The fourth-order valence-corrected chi connectivity index (χ4v) is 3.46. The molecule has 0 spiro atoms. The number of benzene rings is 2. The fourth-order valence-electron chi connectivity index (χ4n) is 2.28. The van der Waals surface area contributed by atoms with E-state index in [1.54, 1.807) is 26.4 Å². The van der Waals surface area contributed by atoms with E-state index in [1.165, 1.54) is 16.8 Å². The van der Waals surface area contributed by atoms with Crippen LogP contribution in [-0.4, -0.2) is 29.5 Å². The van der Waals surface area contributed by atoms with E-state index >= 15 is 0 Å². The number of ether oxygens (including phenoxy) is 2. The number of carbonyl (C=O) groups is 1. The van der Waals surface area contributed by atoms with Crippen LogP contribution >= 0.6 is 24.0 Å². The van der Waals surface area contributed by atoms with E-state index in [-0.39, 0.29) is 5.91 Å². The molecule has 2 aromatic carbocycles. The highest BCUT2D eigenvalue weighted by Crippen LogP contribution is 2.35. The van der Waals surface area contributed by atoms with Crippen molar-refractivity contribution in [3.05, 3.63) is 59.0 Å². The quantitative estimate of drug-likeness (QED) is 0.634. The van der Waals surface area contributed by atoms with Crippen LogP contribution in [0.2, 0.25) is 0 Å². The number of nitrogens with zero attached hydrogens (tertiary/aromatic N) is 1. The molecule has 1 fully saturated rings. The maximum atomic E-state index is 12.7. The van der Waals surface area contributed by atoms with E-state index in [4.69, 9.17) is 21.7 Å². The van der Waals surface area contributed by atoms with Gasteiger partial charge in [0.15, 0.2) is 4.32 Å². The maximum Gasteiger partial charge on any atom is 0.285 e. The largest absolute Gasteiger partial charge is 0.497 e. The molecule has 1 aliphatic heterocycles. The van der Waals surface area contributed by atoms with E-state index in [1.807, 2.05) is 42.5 Å². The molecule has 1 saturated heterocycles. The second-order valence-corrected chi connectivity index (χ2v) is 6.78. The molecule has 128 valence electrons. The van der Waals surface area contributed by atoms with Crippen molar-refractivity contribution in [2.75, 3.05) is 19.6 Å². The first-order chi connectivity index (χ1) is 12.1. The number of para-hydroxylation sites is 1. The summed E-state index contributed by atoms with van der Waals surface area (Å²) in [7, 11) is 3.17. The summed E-state index contributed by atoms with van der Waals surface area (Å²) in [6.07, 6.45) is 1.77. The third-order valence-electron chi connectivity index (χ3n) is 3.54. The molecular weight excluding hydrogens is 356 g/mol. The summed E-state index contributed by atoms with van der Waals surface area (Å²) in [5.74, 6) is 1.12. The lowest BCUT2D eigenvalue weighted by Gasteiger charge is -2.16. The van der Waals surface area contributed by atoms with Gasteiger partial charge < -0.3 is 9.47 Å². The number of thiocarbonyl (C=S) groups is 1. The summed E-state index contributed by atoms with van der Waals surface area (Å²) in [6, 6.07) is 14.9. The highest BCUT2D eigenvalue weighted by atomic mass is 32.2. The Labute approximate surface area is 155 Å². The first kappa shape index (κ1) is 17.3. The minimum Gasteiger partial charge on any atom is -0.497 e. The molecule has 1 amide bonds. The molecule has 0 unspecified atom stereocenters. The van der Waals surface area contributed by atoms with Crippen LogP contribution in [0.15, 0.2) is 53.4 Å². The maximum absolute atomic E-state index is 12.7. The van der Waals surface area contributed by atoms with Crippen LogP contribution in [0.1, 0.15) is 5.56 Å². The summed E-state index contributed by atoms with van der Waals surface area (Å²) in [6.45, 7) is 0. The second-order valence-electron chi connectivity index (χ2n) is 5.10. The molecule has 1 heterocycles. The molecule has 1 N–H and O–H groups in total. The Morgan fingerprint density at radius 3 is 2.56 bits per heavy atom. The first-order valence-electron chi connectivity index (χ1n) is 7.44. The molecule has 2 aromatic rings. The number of anilines is 1. The van der Waals surface area contributed by atoms with Crippen molar-refractivity contribution in [3.63, 3.8) is 0 Å². The zero-order chi connectivity index (χ0) is 17.8. The Balaban J connectivity index is 1.85. The predicted octanol–water partition coefficient (Wildman–Crippen LogP) is 3.93. The second kappa shape index (κ2) is 7.58. The van der Waals surface area contributed by atoms with Crippen LogP contribution in [0.3, 0.4) is 0 Å². The van der Waals surface area contributed by atoms with E-state index in [2.05, 4.69) is 5.43 Å². The van der Waals surface area contributed by atoms with Crippen molar-refractivity contribution in [3.8, 4) is 11.5 Å². The molecule has 0 atom stereocenters. The van der Waals surface area contributed by atoms with Crippen LogP contribution in [0.4, 0.5) is 5.69 Å². The molecule has 1 aliphatic rings. The van der Waals surface area contributed by atoms with Gasteiger partial charge in [0.2, 0.25) is 0 Å². The van der Waals surface area contributed by atoms with Gasteiger partial charge in [-0.2, -0.15) is 0 Å². The molecule has 0 aliphatic carbocycles. The predicted molar refractivity (Wildman–Crippen MR) is 105 cm³/mol. The number of carbonyl (C=O) groups excluding carboxylic acids is 1. The standard InChI is InChI=1S/C18H16N2O3S2/c1-22-14-9-8-12(15(11-14)23-2)10-16-17(21)20(18(24)25-16)19-13-6-4-3-5-7-13/h3-11,19H,1-2H3. The smallest absolute Gasteiger partial charge is 0.285 e. The third kappa shape index (κ3) is 3.78. The topological polar surface area (TPSA) is 50.8 Å². The van der Waals surface area contributed by atoms with E-state index in [0.29, 0.717) is 20.7 Å². The molecule has 7 heteroatoms. The van der Waals surface area contributed by atoms with E-state index < -0.39 is 0 Å². The lowest BCUT2D eigenvalue weighted by atomic mass is 10.1. The van der Waals surface area contributed by atoms with E-state index in [9.17, 15) is 4.79 Å². The van der Waals surface area contributed by atoms with Crippen LogP contribution in [-0.2, 0) is 4.79 Å². The van der Waals surface area contributed by atoms with Crippen molar-refractivity contribution < 1.29 is 14.3 Å². The Morgan fingerprint density at radius 1 is 1.12 bits per heavy atom. The Hall–Kier alpha value is -2.51. The Kier molecular flexibility index (Phi) is 5.25. The lowest BCUT2D eigenvalue weighted by molar-refractivity contribution is -0.121. The highest BCUT2D eigenvalue weighted by Gasteiger charge is 2.32. The zero-order valence-electron chi connectivity index (χ0n) is 13.7. The summed E-state index contributed by atoms with van der Waals surface area (Å²) >= 11 is 6.57. The molecule has 0 saturated carbocycles. The van der Waals surface area contributed by atoms with Gasteiger partial charge in [0, 0.05) is 11.6 Å². The molecule has 3 rings (SSSR count). The van der Waals surface area contributed by atoms with Gasteiger partial charge in [-0.25, -0.2) is 5.01 Å². The van der Waals surface area contributed by atoms with Crippen molar-refractivity contribution >= 4 is 46.0 Å².